The molecular weight excluding hydrogens is 280 g/mol. The molecule has 3 N–H and O–H groups in total. The number of amides is 1. The highest BCUT2D eigenvalue weighted by Crippen LogP contribution is 2.23. The second-order valence-electron chi connectivity index (χ2n) is 5.87. The number of fused-ring (bicyclic) bond motifs is 1. The zero-order chi connectivity index (χ0) is 15.7. The Morgan fingerprint density at radius 1 is 1.45 bits per heavy atom. The molecule has 0 spiro atoms. The first-order valence-electron chi connectivity index (χ1n) is 7.62. The van der Waals surface area contributed by atoms with Crippen molar-refractivity contribution in [2.75, 3.05) is 13.1 Å². The lowest BCUT2D eigenvalue weighted by Gasteiger charge is -2.39. The molecule has 6 heteroatoms. The summed E-state index contributed by atoms with van der Waals surface area (Å²) in [6.07, 6.45) is 1.97. The van der Waals surface area contributed by atoms with E-state index >= 15 is 0 Å². The molecule has 1 amide bonds. The Morgan fingerprint density at radius 3 is 3.00 bits per heavy atom. The van der Waals surface area contributed by atoms with E-state index in [1.807, 2.05) is 6.07 Å². The van der Waals surface area contributed by atoms with E-state index in [0.29, 0.717) is 29.9 Å². The van der Waals surface area contributed by atoms with Crippen LogP contribution in [-0.4, -0.2) is 40.1 Å². The number of nitrogens with zero attached hydrogens (tertiary/aromatic N) is 2. The third-order valence-corrected chi connectivity index (χ3v) is 4.50. The first-order chi connectivity index (χ1) is 10.6. The van der Waals surface area contributed by atoms with Crippen molar-refractivity contribution in [3.8, 4) is 0 Å². The van der Waals surface area contributed by atoms with Crippen molar-refractivity contribution in [1.82, 2.24) is 15.1 Å². The number of aromatic amines is 1. The van der Waals surface area contributed by atoms with E-state index in [0.717, 1.165) is 12.8 Å². The monoisotopic (exact) mass is 300 g/mol. The Balaban J connectivity index is 2.01. The van der Waals surface area contributed by atoms with Crippen LogP contribution in [0, 0.1) is 5.92 Å². The van der Waals surface area contributed by atoms with Crippen molar-refractivity contribution in [2.24, 2.45) is 11.7 Å². The van der Waals surface area contributed by atoms with E-state index in [1.165, 1.54) is 0 Å². The molecule has 1 aromatic heterocycles. The molecule has 2 heterocycles. The van der Waals surface area contributed by atoms with E-state index in [-0.39, 0.29) is 23.1 Å². The lowest BCUT2D eigenvalue weighted by molar-refractivity contribution is 0.0524. The molecule has 1 fully saturated rings. The van der Waals surface area contributed by atoms with Crippen LogP contribution in [0.25, 0.3) is 10.9 Å². The van der Waals surface area contributed by atoms with Gasteiger partial charge in [0, 0.05) is 24.5 Å². The van der Waals surface area contributed by atoms with Crippen molar-refractivity contribution in [1.29, 1.82) is 0 Å². The van der Waals surface area contributed by atoms with Gasteiger partial charge in [0.25, 0.3) is 5.91 Å². The number of benzene rings is 1. The van der Waals surface area contributed by atoms with Gasteiger partial charge in [-0.3, -0.25) is 14.7 Å². The van der Waals surface area contributed by atoms with Crippen LogP contribution in [0.2, 0.25) is 0 Å². The molecule has 1 aromatic carbocycles. The Kier molecular flexibility index (Phi) is 3.94. The average molecular weight is 300 g/mol. The Labute approximate surface area is 128 Å². The van der Waals surface area contributed by atoms with Gasteiger partial charge in [0.1, 0.15) is 0 Å². The Morgan fingerprint density at radius 2 is 2.23 bits per heavy atom. The number of likely N-dealkylation sites (tertiary alicyclic amines) is 1. The van der Waals surface area contributed by atoms with Gasteiger partial charge in [0.05, 0.1) is 5.52 Å². The van der Waals surface area contributed by atoms with Crippen LogP contribution in [0.1, 0.15) is 30.3 Å². The second-order valence-corrected chi connectivity index (χ2v) is 5.87. The maximum absolute atomic E-state index is 12.8. The maximum atomic E-state index is 12.8. The van der Waals surface area contributed by atoms with Crippen LogP contribution in [0.3, 0.4) is 0 Å². The van der Waals surface area contributed by atoms with Gasteiger partial charge in [-0.1, -0.05) is 19.1 Å². The van der Waals surface area contributed by atoms with Crippen LogP contribution in [0.15, 0.2) is 29.1 Å². The minimum absolute atomic E-state index is 0.0334. The minimum atomic E-state index is -0.326. The van der Waals surface area contributed by atoms with Crippen LogP contribution < -0.4 is 11.2 Å². The Bertz CT molecular complexity index is 755. The van der Waals surface area contributed by atoms with Crippen molar-refractivity contribution in [3.63, 3.8) is 0 Å². The number of hydrogen-bond donors (Lipinski definition) is 2. The molecule has 0 bridgehead atoms. The molecule has 0 radical (unpaired) electrons. The molecule has 0 aliphatic carbocycles. The first-order valence-corrected chi connectivity index (χ1v) is 7.62. The van der Waals surface area contributed by atoms with Crippen LogP contribution in [-0.2, 0) is 0 Å². The number of hydrogen-bond acceptors (Lipinski definition) is 4. The fourth-order valence-electron chi connectivity index (χ4n) is 3.21. The number of rotatable bonds is 2. The zero-order valence-corrected chi connectivity index (χ0v) is 12.6. The molecule has 1 aliphatic rings. The highest BCUT2D eigenvalue weighted by molar-refractivity contribution is 5.95. The molecular formula is C16H20N4O2. The average Bonchev–Trinajstić information content (AvgIpc) is 2.54. The quantitative estimate of drug-likeness (QED) is 0.869. The van der Waals surface area contributed by atoms with E-state index in [2.05, 4.69) is 17.1 Å². The number of nitrogens with two attached hydrogens (primary N) is 1. The second kappa shape index (κ2) is 5.88. The number of piperidine rings is 1. The van der Waals surface area contributed by atoms with Gasteiger partial charge in [-0.15, -0.1) is 0 Å². The summed E-state index contributed by atoms with van der Waals surface area (Å²) in [5, 5.41) is 7.28. The van der Waals surface area contributed by atoms with Gasteiger partial charge in [-0.25, -0.2) is 0 Å². The van der Waals surface area contributed by atoms with Crippen molar-refractivity contribution in [2.45, 2.75) is 25.8 Å². The lowest BCUT2D eigenvalue weighted by Crippen LogP contribution is -2.52. The smallest absolute Gasteiger partial charge is 0.278 e. The minimum Gasteiger partial charge on any atom is -0.333 e. The molecule has 0 unspecified atom stereocenters. The van der Waals surface area contributed by atoms with Gasteiger partial charge < -0.3 is 10.6 Å². The zero-order valence-electron chi connectivity index (χ0n) is 12.6. The van der Waals surface area contributed by atoms with E-state index in [1.54, 1.807) is 23.1 Å². The fourth-order valence-corrected chi connectivity index (χ4v) is 3.21. The molecule has 22 heavy (non-hydrogen) atoms. The summed E-state index contributed by atoms with van der Waals surface area (Å²) >= 11 is 0. The van der Waals surface area contributed by atoms with Gasteiger partial charge >= 0.3 is 0 Å². The van der Waals surface area contributed by atoms with Crippen LogP contribution in [0.5, 0.6) is 0 Å². The van der Waals surface area contributed by atoms with Crippen molar-refractivity contribution in [3.05, 3.63) is 40.2 Å². The molecule has 0 saturated carbocycles. The first kappa shape index (κ1) is 14.7. The van der Waals surface area contributed by atoms with E-state index in [9.17, 15) is 9.59 Å². The predicted molar refractivity (Wildman–Crippen MR) is 84.6 cm³/mol. The topological polar surface area (TPSA) is 92.1 Å². The summed E-state index contributed by atoms with van der Waals surface area (Å²) < 4.78 is 0. The Hall–Kier alpha value is -2.21. The number of carbonyl (C=O) groups is 1. The number of carbonyl (C=O) groups excluding carboxylic acids is 1. The normalized spacial score (nSPS) is 22.0. The molecule has 6 nitrogen and oxygen atoms in total. The summed E-state index contributed by atoms with van der Waals surface area (Å²) in [6, 6.07) is 7.03. The van der Waals surface area contributed by atoms with Gasteiger partial charge in [0.2, 0.25) is 5.43 Å². The highest BCUT2D eigenvalue weighted by Gasteiger charge is 2.33. The van der Waals surface area contributed by atoms with E-state index < -0.39 is 0 Å². The summed E-state index contributed by atoms with van der Waals surface area (Å²) in [5.74, 6) is 0.0104. The molecule has 3 rings (SSSR count). The van der Waals surface area contributed by atoms with Crippen molar-refractivity contribution < 1.29 is 4.79 Å². The maximum Gasteiger partial charge on any atom is 0.278 e. The summed E-state index contributed by atoms with van der Waals surface area (Å²) in [6.45, 7) is 3.12. The predicted octanol–water partition coefficient (Wildman–Crippen LogP) is 1.12. The summed E-state index contributed by atoms with van der Waals surface area (Å²) in [7, 11) is 0. The summed E-state index contributed by atoms with van der Waals surface area (Å²) in [5.41, 5.74) is 6.08. The summed E-state index contributed by atoms with van der Waals surface area (Å²) in [4.78, 5) is 27.0. The van der Waals surface area contributed by atoms with Crippen LogP contribution >= 0.6 is 0 Å². The van der Waals surface area contributed by atoms with Gasteiger partial charge in [-0.05, 0) is 30.9 Å². The van der Waals surface area contributed by atoms with Crippen molar-refractivity contribution >= 4 is 16.8 Å². The number of H-pyrrole nitrogens is 1. The number of nitrogens with one attached hydrogen (secondary N) is 1. The van der Waals surface area contributed by atoms with Crippen LogP contribution in [0.4, 0.5) is 0 Å². The fraction of sp³-hybridized carbons (Fsp3) is 0.438. The molecule has 116 valence electrons. The van der Waals surface area contributed by atoms with Gasteiger partial charge in [-0.2, -0.15) is 5.10 Å². The molecule has 2 atom stereocenters. The molecule has 1 saturated heterocycles. The van der Waals surface area contributed by atoms with Gasteiger partial charge in [0.15, 0.2) is 5.69 Å². The lowest BCUT2D eigenvalue weighted by atomic mass is 9.90. The van der Waals surface area contributed by atoms with E-state index in [4.69, 9.17) is 5.73 Å². The largest absolute Gasteiger partial charge is 0.333 e. The SMILES string of the molecule is C[C@@H]1CCCN(C(=O)c2n[nH]c3ccccc3c2=O)[C@H]1CN. The molecule has 1 aliphatic heterocycles. The standard InChI is InChI=1S/C16H20N4O2/c1-10-5-4-8-20(13(10)9-17)16(22)14-15(21)11-6-2-3-7-12(11)18-19-14/h2-3,6-7,10,13H,4-5,8-9,17H2,1H3,(H,18,21)/t10-,13+/m1/s1. The third kappa shape index (κ3) is 2.39. The number of para-hydroxylation sites is 1. The highest BCUT2D eigenvalue weighted by atomic mass is 16.2. The number of aromatic nitrogens is 2. The molecule has 2 aromatic rings. The third-order valence-electron chi connectivity index (χ3n) is 4.50.